The number of rotatable bonds is 8. The minimum Gasteiger partial charge on any atom is -0.350 e. The first-order valence-electron chi connectivity index (χ1n) is 8.78. The smallest absolute Gasteiger partial charge is 0.261 e. The van der Waals surface area contributed by atoms with Crippen LogP contribution in [0.4, 0.5) is 4.39 Å². The Balaban J connectivity index is 1.72. The number of hydrogen-bond donors (Lipinski definition) is 2. The summed E-state index contributed by atoms with van der Waals surface area (Å²) in [7, 11) is 0. The molecule has 0 aliphatic carbocycles. The zero-order valence-corrected chi connectivity index (χ0v) is 15.8. The van der Waals surface area contributed by atoms with Crippen molar-refractivity contribution in [3.63, 3.8) is 0 Å². The lowest BCUT2D eigenvalue weighted by Crippen LogP contribution is -2.31. The lowest BCUT2D eigenvalue weighted by atomic mass is 10.2. The van der Waals surface area contributed by atoms with Gasteiger partial charge in [-0.25, -0.2) is 4.39 Å². The van der Waals surface area contributed by atoms with Gasteiger partial charge in [0, 0.05) is 18.5 Å². The molecule has 0 unspecified atom stereocenters. The first-order valence-corrected chi connectivity index (χ1v) is 9.60. The number of amides is 1. The Morgan fingerprint density at radius 1 is 1.23 bits per heavy atom. The highest BCUT2D eigenvalue weighted by molar-refractivity contribution is 7.20. The predicted molar refractivity (Wildman–Crippen MR) is 103 cm³/mol. The number of nitrogens with one attached hydrogen (secondary N) is 2. The van der Waals surface area contributed by atoms with Crippen molar-refractivity contribution >= 4 is 27.5 Å². The third-order valence-electron chi connectivity index (χ3n) is 4.09. The second-order valence-electron chi connectivity index (χ2n) is 6.20. The Morgan fingerprint density at radius 2 is 2.00 bits per heavy atom. The number of benzene rings is 1. The molecule has 0 saturated carbocycles. The molecule has 0 spiro atoms. The van der Waals surface area contributed by atoms with Gasteiger partial charge in [0.15, 0.2) is 0 Å². The number of nitrogens with zero attached hydrogens (tertiary/aromatic N) is 2. The van der Waals surface area contributed by atoms with Gasteiger partial charge in [-0.05, 0) is 43.7 Å². The van der Waals surface area contributed by atoms with Gasteiger partial charge in [-0.1, -0.05) is 19.1 Å². The van der Waals surface area contributed by atoms with Crippen molar-refractivity contribution in [2.45, 2.75) is 26.8 Å². The third-order valence-corrected chi connectivity index (χ3v) is 5.24. The fourth-order valence-electron chi connectivity index (χ4n) is 2.75. The highest BCUT2D eigenvalue weighted by atomic mass is 32.1. The lowest BCUT2D eigenvalue weighted by Gasteiger charge is -2.05. The third kappa shape index (κ3) is 4.28. The van der Waals surface area contributed by atoms with E-state index in [0.717, 1.165) is 41.0 Å². The van der Waals surface area contributed by atoms with Gasteiger partial charge in [0.05, 0.1) is 17.1 Å². The van der Waals surface area contributed by atoms with E-state index in [2.05, 4.69) is 22.7 Å². The quantitative estimate of drug-likeness (QED) is 0.595. The Labute approximate surface area is 156 Å². The molecule has 0 saturated heterocycles. The van der Waals surface area contributed by atoms with Gasteiger partial charge in [0.1, 0.15) is 10.6 Å². The van der Waals surface area contributed by atoms with Crippen LogP contribution in [0.2, 0.25) is 0 Å². The van der Waals surface area contributed by atoms with Gasteiger partial charge in [-0.2, -0.15) is 5.10 Å². The number of aryl methyl sites for hydroxylation is 1. The van der Waals surface area contributed by atoms with Crippen LogP contribution in [0.25, 0.3) is 10.2 Å². The summed E-state index contributed by atoms with van der Waals surface area (Å²) < 4.78 is 15.0. The van der Waals surface area contributed by atoms with Crippen LogP contribution >= 0.6 is 11.3 Å². The summed E-state index contributed by atoms with van der Waals surface area (Å²) in [5, 5.41) is 11.7. The van der Waals surface area contributed by atoms with E-state index in [1.807, 2.05) is 17.7 Å². The van der Waals surface area contributed by atoms with Gasteiger partial charge in [-0.3, -0.25) is 9.48 Å². The number of halogens is 1. The van der Waals surface area contributed by atoms with Crippen molar-refractivity contribution in [2.75, 3.05) is 19.6 Å². The van der Waals surface area contributed by atoms with Crippen LogP contribution < -0.4 is 10.6 Å². The maximum atomic E-state index is 13.1. The standard InChI is InChI=1S/C19H23FN4OS/c1-3-8-21-9-10-22-18(25)17-11-16-13(2)23-24(19(16)26-17)12-14-4-6-15(20)7-5-14/h4-7,11,21H,3,8-10,12H2,1-2H3,(H,22,25). The molecular formula is C19H23FN4OS. The summed E-state index contributed by atoms with van der Waals surface area (Å²) >= 11 is 1.44. The summed E-state index contributed by atoms with van der Waals surface area (Å²) in [5.74, 6) is -0.309. The molecule has 2 heterocycles. The highest BCUT2D eigenvalue weighted by Gasteiger charge is 2.16. The van der Waals surface area contributed by atoms with Gasteiger partial charge < -0.3 is 10.6 Å². The van der Waals surface area contributed by atoms with E-state index in [-0.39, 0.29) is 11.7 Å². The largest absolute Gasteiger partial charge is 0.350 e. The Bertz CT molecular complexity index is 885. The minimum atomic E-state index is -0.251. The normalized spacial score (nSPS) is 11.2. The molecule has 5 nitrogen and oxygen atoms in total. The molecule has 3 aromatic rings. The van der Waals surface area contributed by atoms with E-state index in [0.29, 0.717) is 18.0 Å². The van der Waals surface area contributed by atoms with Gasteiger partial charge in [-0.15, -0.1) is 11.3 Å². The lowest BCUT2D eigenvalue weighted by molar-refractivity contribution is 0.0958. The molecule has 7 heteroatoms. The number of fused-ring (bicyclic) bond motifs is 1. The Hall–Kier alpha value is -2.25. The van der Waals surface area contributed by atoms with E-state index in [1.165, 1.54) is 23.5 Å². The van der Waals surface area contributed by atoms with Crippen LogP contribution in [-0.2, 0) is 6.54 Å². The predicted octanol–water partition coefficient (Wildman–Crippen LogP) is 3.32. The zero-order chi connectivity index (χ0) is 18.5. The molecule has 2 aromatic heterocycles. The average Bonchev–Trinajstić information content (AvgIpc) is 3.18. The molecule has 2 N–H and O–H groups in total. The molecule has 0 fully saturated rings. The van der Waals surface area contributed by atoms with Crippen molar-refractivity contribution in [1.29, 1.82) is 0 Å². The fraction of sp³-hybridized carbons (Fsp3) is 0.368. The molecule has 1 amide bonds. The molecule has 3 rings (SSSR count). The van der Waals surface area contributed by atoms with Crippen molar-refractivity contribution in [1.82, 2.24) is 20.4 Å². The number of thiophene rings is 1. The van der Waals surface area contributed by atoms with E-state index in [4.69, 9.17) is 0 Å². The van der Waals surface area contributed by atoms with Gasteiger partial charge in [0.2, 0.25) is 0 Å². The second kappa shape index (κ2) is 8.42. The van der Waals surface area contributed by atoms with Crippen molar-refractivity contribution in [2.24, 2.45) is 0 Å². The Kier molecular flexibility index (Phi) is 6.00. The summed E-state index contributed by atoms with van der Waals surface area (Å²) in [6, 6.07) is 8.30. The van der Waals surface area contributed by atoms with Crippen LogP contribution in [0, 0.1) is 12.7 Å². The van der Waals surface area contributed by atoms with E-state index >= 15 is 0 Å². The van der Waals surface area contributed by atoms with Crippen LogP contribution in [-0.4, -0.2) is 35.3 Å². The minimum absolute atomic E-state index is 0.0581. The van der Waals surface area contributed by atoms with Crippen LogP contribution in [0.3, 0.4) is 0 Å². The SMILES string of the molecule is CCCNCCNC(=O)c1cc2c(C)nn(Cc3ccc(F)cc3)c2s1. The van der Waals surface area contributed by atoms with Crippen LogP contribution in [0.1, 0.15) is 34.3 Å². The topological polar surface area (TPSA) is 58.9 Å². The van der Waals surface area contributed by atoms with Crippen LogP contribution in [0.15, 0.2) is 30.3 Å². The maximum Gasteiger partial charge on any atom is 0.261 e. The molecule has 0 radical (unpaired) electrons. The Morgan fingerprint density at radius 3 is 2.73 bits per heavy atom. The van der Waals surface area contributed by atoms with Crippen molar-refractivity contribution in [3.05, 3.63) is 52.3 Å². The molecule has 26 heavy (non-hydrogen) atoms. The molecule has 0 bridgehead atoms. The number of carbonyl (C=O) groups is 1. The molecule has 0 aliphatic rings. The zero-order valence-electron chi connectivity index (χ0n) is 15.0. The van der Waals surface area contributed by atoms with Crippen molar-refractivity contribution < 1.29 is 9.18 Å². The van der Waals surface area contributed by atoms with Gasteiger partial charge in [0.25, 0.3) is 5.91 Å². The summed E-state index contributed by atoms with van der Waals surface area (Å²) in [6.07, 6.45) is 1.08. The molecular weight excluding hydrogens is 351 g/mol. The molecule has 138 valence electrons. The fourth-order valence-corrected chi connectivity index (χ4v) is 3.83. The van der Waals surface area contributed by atoms with E-state index < -0.39 is 0 Å². The maximum absolute atomic E-state index is 13.1. The molecule has 0 atom stereocenters. The number of aromatic nitrogens is 2. The summed E-state index contributed by atoms with van der Waals surface area (Å²) in [4.78, 5) is 14.0. The highest BCUT2D eigenvalue weighted by Crippen LogP contribution is 2.28. The summed E-state index contributed by atoms with van der Waals surface area (Å²) in [6.45, 7) is 6.92. The van der Waals surface area contributed by atoms with E-state index in [1.54, 1.807) is 12.1 Å². The van der Waals surface area contributed by atoms with Crippen LogP contribution in [0.5, 0.6) is 0 Å². The monoisotopic (exact) mass is 374 g/mol. The second-order valence-corrected chi connectivity index (χ2v) is 7.24. The number of carbonyl (C=O) groups excluding carboxylic acids is 1. The average molecular weight is 374 g/mol. The first kappa shape index (κ1) is 18.5. The molecule has 1 aromatic carbocycles. The van der Waals surface area contributed by atoms with E-state index in [9.17, 15) is 9.18 Å². The number of hydrogen-bond acceptors (Lipinski definition) is 4. The molecule has 0 aliphatic heterocycles. The summed E-state index contributed by atoms with van der Waals surface area (Å²) in [5.41, 5.74) is 1.86. The van der Waals surface area contributed by atoms with Crippen molar-refractivity contribution in [3.8, 4) is 0 Å². The first-order chi connectivity index (χ1) is 12.6. The van der Waals surface area contributed by atoms with Gasteiger partial charge >= 0.3 is 0 Å².